The van der Waals surface area contributed by atoms with Gasteiger partial charge in [0.05, 0.1) is 6.61 Å². The summed E-state index contributed by atoms with van der Waals surface area (Å²) in [6.45, 7) is 4.28. The van der Waals surface area contributed by atoms with E-state index in [4.69, 9.17) is 9.29 Å². The number of hydrogen-bond donors (Lipinski definition) is 1. The van der Waals surface area contributed by atoms with Crippen LogP contribution in [0.4, 0.5) is 0 Å². The molecule has 9 heteroatoms. The SMILES string of the molecule is CCC(CC)CCCCCOC(=O)C(CC(=O)[O-])S(=O)(=O)O.[Na+]. The summed E-state index contributed by atoms with van der Waals surface area (Å²) in [4.78, 5) is 21.9. The van der Waals surface area contributed by atoms with Gasteiger partial charge in [0.1, 0.15) is 0 Å². The normalized spacial score (nSPS) is 12.5. The second-order valence-corrected chi connectivity index (χ2v) is 6.88. The number of carbonyl (C=O) groups excluding carboxylic acids is 2. The topological polar surface area (TPSA) is 121 Å². The largest absolute Gasteiger partial charge is 1.00 e. The quantitative estimate of drug-likeness (QED) is 0.184. The van der Waals surface area contributed by atoms with Crippen molar-refractivity contribution in [1.29, 1.82) is 0 Å². The molecular formula is C14H25NaO7S. The van der Waals surface area contributed by atoms with Crippen molar-refractivity contribution < 1.29 is 62.0 Å². The number of ether oxygens (including phenoxy) is 1. The molecule has 0 spiro atoms. The number of esters is 1. The molecule has 0 saturated heterocycles. The van der Waals surface area contributed by atoms with Crippen LogP contribution in [0, 0.1) is 5.92 Å². The van der Waals surface area contributed by atoms with Crippen LogP contribution in [0.15, 0.2) is 0 Å². The smallest absolute Gasteiger partial charge is 0.550 e. The molecule has 0 aromatic heterocycles. The number of carboxylic acids is 1. The molecule has 1 atom stereocenters. The predicted octanol–water partition coefficient (Wildman–Crippen LogP) is -2.07. The molecule has 0 aromatic carbocycles. The molecule has 1 unspecified atom stereocenters. The van der Waals surface area contributed by atoms with E-state index in [0.717, 1.165) is 32.1 Å². The minimum absolute atomic E-state index is 0. The van der Waals surface area contributed by atoms with Crippen LogP contribution in [0.5, 0.6) is 0 Å². The zero-order valence-corrected chi connectivity index (χ0v) is 16.9. The maximum absolute atomic E-state index is 11.5. The zero-order chi connectivity index (χ0) is 17.2. The second kappa shape index (κ2) is 13.2. The van der Waals surface area contributed by atoms with Gasteiger partial charge in [-0.15, -0.1) is 0 Å². The van der Waals surface area contributed by atoms with Gasteiger partial charge < -0.3 is 14.6 Å². The third-order valence-electron chi connectivity index (χ3n) is 3.63. The molecule has 0 bridgehead atoms. The fourth-order valence-corrected chi connectivity index (χ4v) is 2.79. The van der Waals surface area contributed by atoms with Crippen LogP contribution in [0.25, 0.3) is 0 Å². The van der Waals surface area contributed by atoms with Gasteiger partial charge in [0.15, 0.2) is 5.25 Å². The van der Waals surface area contributed by atoms with Crippen LogP contribution < -0.4 is 34.7 Å². The van der Waals surface area contributed by atoms with E-state index in [0.29, 0.717) is 12.3 Å². The van der Waals surface area contributed by atoms with Crippen LogP contribution in [-0.2, 0) is 24.4 Å². The van der Waals surface area contributed by atoms with Crippen LogP contribution in [0.2, 0.25) is 0 Å². The van der Waals surface area contributed by atoms with Crippen molar-refractivity contribution >= 4 is 22.1 Å². The van der Waals surface area contributed by atoms with E-state index in [1.165, 1.54) is 0 Å². The Morgan fingerprint density at radius 3 is 2.13 bits per heavy atom. The molecule has 0 rings (SSSR count). The summed E-state index contributed by atoms with van der Waals surface area (Å²) in [5.41, 5.74) is 0. The molecule has 0 aliphatic rings. The van der Waals surface area contributed by atoms with Crippen molar-refractivity contribution in [3.63, 3.8) is 0 Å². The van der Waals surface area contributed by atoms with Crippen LogP contribution >= 0.6 is 0 Å². The molecule has 0 saturated carbocycles. The van der Waals surface area contributed by atoms with E-state index in [9.17, 15) is 23.1 Å². The molecular weight excluding hydrogens is 335 g/mol. The van der Waals surface area contributed by atoms with E-state index < -0.39 is 33.7 Å². The fraction of sp³-hybridized carbons (Fsp3) is 0.857. The molecule has 23 heavy (non-hydrogen) atoms. The number of rotatable bonds is 12. The summed E-state index contributed by atoms with van der Waals surface area (Å²) in [6.07, 6.45) is 4.63. The van der Waals surface area contributed by atoms with Gasteiger partial charge in [-0.1, -0.05) is 46.0 Å². The van der Waals surface area contributed by atoms with Crippen molar-refractivity contribution in [3.8, 4) is 0 Å². The van der Waals surface area contributed by atoms with Gasteiger partial charge in [0, 0.05) is 12.4 Å². The Balaban J connectivity index is 0. The van der Waals surface area contributed by atoms with E-state index in [-0.39, 0.29) is 36.2 Å². The molecule has 0 heterocycles. The second-order valence-electron chi connectivity index (χ2n) is 5.28. The van der Waals surface area contributed by atoms with E-state index in [1.807, 2.05) is 0 Å². The van der Waals surface area contributed by atoms with E-state index >= 15 is 0 Å². The van der Waals surface area contributed by atoms with Crippen molar-refractivity contribution in [2.75, 3.05) is 6.61 Å². The maximum Gasteiger partial charge on any atom is 1.00 e. The third-order valence-corrected chi connectivity index (χ3v) is 4.71. The van der Waals surface area contributed by atoms with Crippen LogP contribution in [0.1, 0.15) is 58.8 Å². The van der Waals surface area contributed by atoms with Crippen LogP contribution in [-0.4, -0.2) is 36.8 Å². The minimum Gasteiger partial charge on any atom is -0.550 e. The van der Waals surface area contributed by atoms with E-state index in [1.54, 1.807) is 0 Å². The average Bonchev–Trinajstić information content (AvgIpc) is 2.42. The third kappa shape index (κ3) is 11.9. The van der Waals surface area contributed by atoms with Gasteiger partial charge in [0.25, 0.3) is 10.1 Å². The zero-order valence-electron chi connectivity index (χ0n) is 14.1. The molecule has 0 aromatic rings. The molecule has 0 fully saturated rings. The number of aliphatic carboxylic acids is 1. The van der Waals surface area contributed by atoms with Gasteiger partial charge in [-0.05, 0) is 12.3 Å². The molecule has 130 valence electrons. The van der Waals surface area contributed by atoms with Gasteiger partial charge in [-0.3, -0.25) is 9.35 Å². The molecule has 7 nitrogen and oxygen atoms in total. The average molecular weight is 360 g/mol. The molecule has 0 amide bonds. The monoisotopic (exact) mass is 360 g/mol. The molecule has 0 aliphatic carbocycles. The predicted molar refractivity (Wildman–Crippen MR) is 78.5 cm³/mol. The van der Waals surface area contributed by atoms with Gasteiger partial charge in [0.2, 0.25) is 0 Å². The Morgan fingerprint density at radius 1 is 1.13 bits per heavy atom. The Bertz CT molecular complexity index is 446. The summed E-state index contributed by atoms with van der Waals surface area (Å²) >= 11 is 0. The first-order chi connectivity index (χ1) is 10.2. The Kier molecular flexibility index (Phi) is 14.4. The van der Waals surface area contributed by atoms with Gasteiger partial charge in [-0.2, -0.15) is 8.42 Å². The Labute approximate surface area is 160 Å². The first-order valence-corrected chi connectivity index (χ1v) is 9.05. The van der Waals surface area contributed by atoms with Crippen LogP contribution in [0.3, 0.4) is 0 Å². The van der Waals surface area contributed by atoms with E-state index in [2.05, 4.69) is 13.8 Å². The number of hydrogen-bond acceptors (Lipinski definition) is 6. The summed E-state index contributed by atoms with van der Waals surface area (Å²) in [6, 6.07) is 0. The first kappa shape index (κ1) is 25.1. The molecule has 0 aliphatic heterocycles. The summed E-state index contributed by atoms with van der Waals surface area (Å²) < 4.78 is 35.5. The number of carbonyl (C=O) groups is 2. The van der Waals surface area contributed by atoms with Gasteiger partial charge >= 0.3 is 35.5 Å². The first-order valence-electron chi connectivity index (χ1n) is 7.55. The fourth-order valence-electron chi connectivity index (χ4n) is 2.14. The summed E-state index contributed by atoms with van der Waals surface area (Å²) in [7, 11) is -4.82. The minimum atomic E-state index is -4.82. The number of carboxylic acid groups (broad SMARTS) is 1. The Hall–Kier alpha value is -0.150. The number of unbranched alkanes of at least 4 members (excludes halogenated alkanes) is 2. The van der Waals surface area contributed by atoms with Crippen molar-refractivity contribution in [1.82, 2.24) is 0 Å². The van der Waals surface area contributed by atoms with Crippen molar-refractivity contribution in [2.45, 2.75) is 64.0 Å². The van der Waals surface area contributed by atoms with Crippen molar-refractivity contribution in [2.24, 2.45) is 5.92 Å². The van der Waals surface area contributed by atoms with Crippen molar-refractivity contribution in [3.05, 3.63) is 0 Å². The van der Waals surface area contributed by atoms with Gasteiger partial charge in [-0.25, -0.2) is 0 Å². The Morgan fingerprint density at radius 2 is 1.70 bits per heavy atom. The molecule has 1 N–H and O–H groups in total. The summed E-state index contributed by atoms with van der Waals surface area (Å²) in [5, 5.41) is 8.28. The molecule has 0 radical (unpaired) electrons. The standard InChI is InChI=1S/C14H26O7S.Na/c1-3-11(4-2)8-6-5-7-9-21-14(17)12(10-13(15)16)22(18,19)20;/h11-12H,3-10H2,1-2H3,(H,15,16)(H,18,19,20);/q;+1/p-1. The maximum atomic E-state index is 11.5. The summed E-state index contributed by atoms with van der Waals surface area (Å²) in [5.74, 6) is -2.31.